The molecule has 0 aliphatic carbocycles. The standard InChI is InChI=1S/C28H31N3O4/c1-3-4-16-24(32)22(18-20-13-10-17-35-20)27(33)30-26-28(34)31(2)23-15-9-8-14-21(23)25(29-26)19-11-6-5-7-12-19/h5-15,17,22,24,26,32H,3-4,16,18H2,1-2H3,(H,30,33)/t22?,24?,26-/m1/s1. The summed E-state index contributed by atoms with van der Waals surface area (Å²) in [7, 11) is 1.68. The van der Waals surface area contributed by atoms with Crippen molar-refractivity contribution in [2.24, 2.45) is 10.9 Å². The smallest absolute Gasteiger partial charge is 0.272 e. The van der Waals surface area contributed by atoms with Gasteiger partial charge >= 0.3 is 0 Å². The molecule has 3 atom stereocenters. The number of aliphatic imine (C=N–C) groups is 1. The summed E-state index contributed by atoms with van der Waals surface area (Å²) in [6.07, 6.45) is 1.95. The van der Waals surface area contributed by atoms with Gasteiger partial charge in [-0.15, -0.1) is 0 Å². The Morgan fingerprint density at radius 3 is 2.57 bits per heavy atom. The van der Waals surface area contributed by atoms with Crippen molar-refractivity contribution < 1.29 is 19.1 Å². The van der Waals surface area contributed by atoms with Gasteiger partial charge in [-0.3, -0.25) is 9.59 Å². The Kier molecular flexibility index (Phi) is 7.77. The highest BCUT2D eigenvalue weighted by Crippen LogP contribution is 2.27. The third kappa shape index (κ3) is 5.52. The van der Waals surface area contributed by atoms with Crippen LogP contribution in [0.5, 0.6) is 0 Å². The summed E-state index contributed by atoms with van der Waals surface area (Å²) in [5, 5.41) is 13.7. The minimum Gasteiger partial charge on any atom is -0.469 e. The zero-order valence-electron chi connectivity index (χ0n) is 20.1. The molecule has 35 heavy (non-hydrogen) atoms. The summed E-state index contributed by atoms with van der Waals surface area (Å²) in [5.41, 5.74) is 2.99. The molecule has 4 rings (SSSR count). The Labute approximate surface area is 205 Å². The van der Waals surface area contributed by atoms with Gasteiger partial charge in [0.15, 0.2) is 0 Å². The van der Waals surface area contributed by atoms with Crippen LogP contribution in [-0.2, 0) is 16.0 Å². The lowest BCUT2D eigenvalue weighted by Crippen LogP contribution is -2.50. The number of anilines is 1. The lowest BCUT2D eigenvalue weighted by Gasteiger charge is -2.25. The molecule has 0 spiro atoms. The molecule has 7 heteroatoms. The SMILES string of the molecule is CCCCC(O)C(Cc1ccco1)C(=O)N[C@H]1N=C(c2ccccc2)c2ccccc2N(C)C1=O. The number of nitrogens with zero attached hydrogens (tertiary/aromatic N) is 2. The average Bonchev–Trinajstić information content (AvgIpc) is 3.38. The van der Waals surface area contributed by atoms with Crippen molar-refractivity contribution in [1.82, 2.24) is 5.32 Å². The predicted molar refractivity (Wildman–Crippen MR) is 135 cm³/mol. The molecule has 7 nitrogen and oxygen atoms in total. The van der Waals surface area contributed by atoms with Crippen LogP contribution < -0.4 is 10.2 Å². The number of benzodiazepines with no additional fused rings is 1. The number of hydrogen-bond donors (Lipinski definition) is 2. The van der Waals surface area contributed by atoms with Crippen molar-refractivity contribution in [1.29, 1.82) is 0 Å². The fourth-order valence-corrected chi connectivity index (χ4v) is 4.35. The van der Waals surface area contributed by atoms with Crippen molar-refractivity contribution >= 4 is 23.2 Å². The fraction of sp³-hybridized carbons (Fsp3) is 0.321. The maximum Gasteiger partial charge on any atom is 0.272 e. The summed E-state index contributed by atoms with van der Waals surface area (Å²) >= 11 is 0. The molecule has 0 bridgehead atoms. The van der Waals surface area contributed by atoms with Gasteiger partial charge in [-0.2, -0.15) is 0 Å². The molecule has 2 unspecified atom stereocenters. The molecule has 2 N–H and O–H groups in total. The molecule has 0 radical (unpaired) electrons. The number of carbonyl (C=O) groups is 2. The number of rotatable bonds is 9. The Bertz CT molecular complexity index is 1170. The molecule has 0 saturated heterocycles. The first-order valence-corrected chi connectivity index (χ1v) is 12.0. The number of furan rings is 1. The van der Waals surface area contributed by atoms with E-state index in [1.165, 1.54) is 4.90 Å². The van der Waals surface area contributed by atoms with Crippen LogP contribution in [0.1, 0.15) is 43.1 Å². The number of para-hydroxylation sites is 1. The van der Waals surface area contributed by atoms with E-state index in [-0.39, 0.29) is 12.3 Å². The number of benzene rings is 2. The van der Waals surface area contributed by atoms with Gasteiger partial charge in [-0.1, -0.05) is 68.3 Å². The van der Waals surface area contributed by atoms with E-state index in [9.17, 15) is 14.7 Å². The van der Waals surface area contributed by atoms with Gasteiger partial charge < -0.3 is 19.7 Å². The molecule has 1 aliphatic heterocycles. The lowest BCUT2D eigenvalue weighted by atomic mass is 9.92. The van der Waals surface area contributed by atoms with Gasteiger partial charge in [0.1, 0.15) is 5.76 Å². The maximum absolute atomic E-state index is 13.5. The number of carbonyl (C=O) groups excluding carboxylic acids is 2. The van der Waals surface area contributed by atoms with E-state index in [2.05, 4.69) is 5.32 Å². The average molecular weight is 474 g/mol. The highest BCUT2D eigenvalue weighted by molar-refractivity contribution is 6.20. The summed E-state index contributed by atoms with van der Waals surface area (Å²) in [6, 6.07) is 20.7. The highest BCUT2D eigenvalue weighted by Gasteiger charge is 2.34. The first kappa shape index (κ1) is 24.4. The van der Waals surface area contributed by atoms with Crippen molar-refractivity contribution in [3.8, 4) is 0 Å². The number of hydrogen-bond acceptors (Lipinski definition) is 5. The van der Waals surface area contributed by atoms with Gasteiger partial charge in [0.25, 0.3) is 5.91 Å². The van der Waals surface area contributed by atoms with Gasteiger partial charge in [0.2, 0.25) is 12.1 Å². The van der Waals surface area contributed by atoms with E-state index in [0.29, 0.717) is 23.6 Å². The van der Waals surface area contributed by atoms with Crippen LogP contribution in [0.2, 0.25) is 0 Å². The van der Waals surface area contributed by atoms with E-state index in [1.807, 2.05) is 61.5 Å². The second-order valence-corrected chi connectivity index (χ2v) is 8.77. The molecule has 0 saturated carbocycles. The lowest BCUT2D eigenvalue weighted by molar-refractivity contribution is -0.132. The van der Waals surface area contributed by atoms with E-state index >= 15 is 0 Å². The molecule has 2 heterocycles. The maximum atomic E-state index is 13.5. The van der Waals surface area contributed by atoms with E-state index in [4.69, 9.17) is 9.41 Å². The zero-order chi connectivity index (χ0) is 24.8. The number of likely N-dealkylation sites (N-methyl/N-ethyl adjacent to an activating group) is 1. The molecular formula is C28H31N3O4. The Balaban J connectivity index is 1.67. The number of unbranched alkanes of at least 4 members (excludes halogenated alkanes) is 1. The molecule has 1 aromatic heterocycles. The molecule has 2 amide bonds. The Hall–Kier alpha value is -3.71. The van der Waals surface area contributed by atoms with Crippen LogP contribution in [0.3, 0.4) is 0 Å². The van der Waals surface area contributed by atoms with E-state index in [0.717, 1.165) is 24.0 Å². The Morgan fingerprint density at radius 2 is 1.86 bits per heavy atom. The predicted octanol–water partition coefficient (Wildman–Crippen LogP) is 3.95. The van der Waals surface area contributed by atoms with Gasteiger partial charge in [-0.25, -0.2) is 4.99 Å². The topological polar surface area (TPSA) is 95.1 Å². The summed E-state index contributed by atoms with van der Waals surface area (Å²) < 4.78 is 5.44. The minimum absolute atomic E-state index is 0.232. The summed E-state index contributed by atoms with van der Waals surface area (Å²) in [4.78, 5) is 33.2. The second kappa shape index (κ2) is 11.1. The van der Waals surface area contributed by atoms with Crippen LogP contribution in [0.4, 0.5) is 5.69 Å². The summed E-state index contributed by atoms with van der Waals surface area (Å²) in [5.74, 6) is -0.951. The number of fused-ring (bicyclic) bond motifs is 1. The second-order valence-electron chi connectivity index (χ2n) is 8.77. The molecule has 182 valence electrons. The normalized spacial score (nSPS) is 17.2. The van der Waals surface area contributed by atoms with Crippen molar-refractivity contribution in [3.05, 3.63) is 89.9 Å². The quantitative estimate of drug-likeness (QED) is 0.492. The fourth-order valence-electron chi connectivity index (χ4n) is 4.35. The molecule has 0 fully saturated rings. The van der Waals surface area contributed by atoms with Gasteiger partial charge in [0, 0.05) is 24.6 Å². The van der Waals surface area contributed by atoms with Crippen molar-refractivity contribution in [2.45, 2.75) is 44.9 Å². The van der Waals surface area contributed by atoms with E-state index < -0.39 is 24.1 Å². The largest absolute Gasteiger partial charge is 0.469 e. The first-order chi connectivity index (χ1) is 17.0. The molecular weight excluding hydrogens is 442 g/mol. The van der Waals surface area contributed by atoms with Crippen LogP contribution in [0.15, 0.2) is 82.4 Å². The highest BCUT2D eigenvalue weighted by atomic mass is 16.3. The molecule has 3 aromatic rings. The molecule has 1 aliphatic rings. The van der Waals surface area contributed by atoms with Gasteiger partial charge in [0.05, 0.1) is 29.7 Å². The number of aliphatic hydroxyl groups excluding tert-OH is 1. The van der Waals surface area contributed by atoms with Crippen LogP contribution in [0, 0.1) is 5.92 Å². The zero-order valence-corrected chi connectivity index (χ0v) is 20.1. The number of nitrogens with one attached hydrogen (secondary N) is 1. The van der Waals surface area contributed by atoms with Crippen LogP contribution in [0.25, 0.3) is 0 Å². The van der Waals surface area contributed by atoms with Crippen molar-refractivity contribution in [3.63, 3.8) is 0 Å². The van der Waals surface area contributed by atoms with Crippen LogP contribution in [-0.4, -0.2) is 41.9 Å². The Morgan fingerprint density at radius 1 is 1.11 bits per heavy atom. The van der Waals surface area contributed by atoms with Crippen molar-refractivity contribution in [2.75, 3.05) is 11.9 Å². The third-order valence-corrected chi connectivity index (χ3v) is 6.33. The third-order valence-electron chi connectivity index (χ3n) is 6.33. The molecule has 2 aromatic carbocycles. The number of amides is 2. The van der Waals surface area contributed by atoms with E-state index in [1.54, 1.807) is 25.4 Å². The first-order valence-electron chi connectivity index (χ1n) is 12.0. The number of aliphatic hydroxyl groups is 1. The van der Waals surface area contributed by atoms with Gasteiger partial charge in [-0.05, 0) is 24.6 Å². The minimum atomic E-state index is -1.13. The summed E-state index contributed by atoms with van der Waals surface area (Å²) in [6.45, 7) is 2.03. The monoisotopic (exact) mass is 473 g/mol. The van der Waals surface area contributed by atoms with Crippen LogP contribution >= 0.6 is 0 Å².